The van der Waals surface area contributed by atoms with E-state index in [0.717, 1.165) is 13.1 Å². The zero-order valence-electron chi connectivity index (χ0n) is 11.3. The lowest BCUT2D eigenvalue weighted by Gasteiger charge is -2.20. The highest BCUT2D eigenvalue weighted by molar-refractivity contribution is 7.99. The molecule has 1 aromatic carbocycles. The third-order valence-electron chi connectivity index (χ3n) is 3.59. The number of hydrogen-bond donors (Lipinski definition) is 0. The van der Waals surface area contributed by atoms with Crippen molar-refractivity contribution in [3.8, 4) is 0 Å². The number of fused-ring (bicyclic) bond motifs is 1. The molecule has 1 aromatic heterocycles. The molecule has 1 unspecified atom stereocenters. The molecule has 2 aromatic rings. The van der Waals surface area contributed by atoms with Crippen LogP contribution in [0.15, 0.2) is 34.7 Å². The standard InChI is InChI=1S/C15H18N2S2/c1-11-15(19-10-16-11)8-17(2)7-12-9-18-14-6-4-3-5-13(12)14/h3-6,10,12H,7-9H2,1-2H3. The fraction of sp³-hybridized carbons (Fsp3) is 0.400. The summed E-state index contributed by atoms with van der Waals surface area (Å²) >= 11 is 3.76. The Morgan fingerprint density at radius 1 is 1.37 bits per heavy atom. The second kappa shape index (κ2) is 5.65. The summed E-state index contributed by atoms with van der Waals surface area (Å²) in [6.45, 7) is 4.24. The molecule has 100 valence electrons. The van der Waals surface area contributed by atoms with E-state index in [1.54, 1.807) is 11.3 Å². The lowest BCUT2D eigenvalue weighted by molar-refractivity contribution is 0.313. The van der Waals surface area contributed by atoms with Crippen LogP contribution in [0.3, 0.4) is 0 Å². The van der Waals surface area contributed by atoms with Gasteiger partial charge in [-0.15, -0.1) is 23.1 Å². The van der Waals surface area contributed by atoms with E-state index < -0.39 is 0 Å². The molecule has 0 aliphatic carbocycles. The van der Waals surface area contributed by atoms with Crippen LogP contribution in [0, 0.1) is 6.92 Å². The smallest absolute Gasteiger partial charge is 0.0798 e. The molecule has 0 bridgehead atoms. The largest absolute Gasteiger partial charge is 0.301 e. The molecule has 2 nitrogen and oxygen atoms in total. The van der Waals surface area contributed by atoms with Crippen LogP contribution < -0.4 is 0 Å². The number of aromatic nitrogens is 1. The molecule has 19 heavy (non-hydrogen) atoms. The van der Waals surface area contributed by atoms with Crippen LogP contribution in [-0.2, 0) is 6.54 Å². The second-order valence-corrected chi connectivity index (χ2v) is 7.10. The van der Waals surface area contributed by atoms with Crippen molar-refractivity contribution < 1.29 is 0 Å². The number of nitrogens with zero attached hydrogens (tertiary/aromatic N) is 2. The van der Waals surface area contributed by atoms with Crippen LogP contribution in [0.25, 0.3) is 0 Å². The van der Waals surface area contributed by atoms with E-state index in [1.807, 2.05) is 17.3 Å². The number of hydrogen-bond acceptors (Lipinski definition) is 4. The van der Waals surface area contributed by atoms with Crippen molar-refractivity contribution in [3.05, 3.63) is 45.9 Å². The Kier molecular flexibility index (Phi) is 3.91. The van der Waals surface area contributed by atoms with Gasteiger partial charge in [-0.2, -0.15) is 0 Å². The minimum atomic E-state index is 0.666. The van der Waals surface area contributed by atoms with Crippen molar-refractivity contribution in [1.82, 2.24) is 9.88 Å². The number of thioether (sulfide) groups is 1. The first-order valence-corrected chi connectivity index (χ1v) is 8.40. The Balaban J connectivity index is 1.65. The van der Waals surface area contributed by atoms with Crippen molar-refractivity contribution in [2.75, 3.05) is 19.3 Å². The lowest BCUT2D eigenvalue weighted by atomic mass is 10.0. The van der Waals surface area contributed by atoms with E-state index in [0.29, 0.717) is 5.92 Å². The van der Waals surface area contributed by atoms with Gasteiger partial charge >= 0.3 is 0 Å². The average molecular weight is 290 g/mol. The fourth-order valence-corrected chi connectivity index (χ4v) is 4.64. The van der Waals surface area contributed by atoms with Gasteiger partial charge in [0.1, 0.15) is 0 Å². The van der Waals surface area contributed by atoms with Crippen LogP contribution in [0.5, 0.6) is 0 Å². The molecule has 1 aliphatic rings. The number of rotatable bonds is 4. The Hall–Kier alpha value is -0.840. The zero-order chi connectivity index (χ0) is 13.2. The summed E-state index contributed by atoms with van der Waals surface area (Å²) in [6.07, 6.45) is 0. The predicted molar refractivity (Wildman–Crippen MR) is 83.1 cm³/mol. The summed E-state index contributed by atoms with van der Waals surface area (Å²) in [5.41, 5.74) is 4.65. The van der Waals surface area contributed by atoms with Gasteiger partial charge in [-0.1, -0.05) is 18.2 Å². The molecule has 0 spiro atoms. The van der Waals surface area contributed by atoms with E-state index in [4.69, 9.17) is 0 Å². The third-order valence-corrected chi connectivity index (χ3v) is 5.76. The van der Waals surface area contributed by atoms with Gasteiger partial charge in [0, 0.05) is 34.5 Å². The summed E-state index contributed by atoms with van der Waals surface area (Å²) in [6, 6.07) is 8.82. The number of thiazole rings is 1. The Morgan fingerprint density at radius 3 is 3.00 bits per heavy atom. The first kappa shape index (κ1) is 13.2. The van der Waals surface area contributed by atoms with Gasteiger partial charge in [-0.05, 0) is 25.6 Å². The first-order chi connectivity index (χ1) is 9.24. The Labute approximate surface area is 122 Å². The van der Waals surface area contributed by atoms with Crippen LogP contribution in [0.4, 0.5) is 0 Å². The molecule has 1 aliphatic heterocycles. The normalized spacial score (nSPS) is 17.9. The van der Waals surface area contributed by atoms with Crippen molar-refractivity contribution >= 4 is 23.1 Å². The summed E-state index contributed by atoms with van der Waals surface area (Å²) in [4.78, 5) is 9.61. The SMILES string of the molecule is Cc1ncsc1CN(C)CC1CSc2ccccc21. The van der Waals surface area contributed by atoms with Gasteiger partial charge in [0.05, 0.1) is 11.2 Å². The van der Waals surface area contributed by atoms with Crippen molar-refractivity contribution in [2.45, 2.75) is 24.3 Å². The zero-order valence-corrected chi connectivity index (χ0v) is 12.9. The second-order valence-electron chi connectivity index (χ2n) is 5.10. The van der Waals surface area contributed by atoms with E-state index in [9.17, 15) is 0 Å². The van der Waals surface area contributed by atoms with Crippen LogP contribution >= 0.6 is 23.1 Å². The molecular formula is C15H18N2S2. The van der Waals surface area contributed by atoms with Gasteiger partial charge in [0.2, 0.25) is 0 Å². The van der Waals surface area contributed by atoms with E-state index >= 15 is 0 Å². The van der Waals surface area contributed by atoms with E-state index in [2.05, 4.69) is 48.1 Å². The van der Waals surface area contributed by atoms with Crippen LogP contribution in [-0.4, -0.2) is 29.2 Å². The maximum atomic E-state index is 4.33. The molecule has 4 heteroatoms. The molecule has 2 heterocycles. The molecule has 0 radical (unpaired) electrons. The number of aryl methyl sites for hydroxylation is 1. The molecular weight excluding hydrogens is 272 g/mol. The molecule has 0 N–H and O–H groups in total. The van der Waals surface area contributed by atoms with Crippen molar-refractivity contribution in [3.63, 3.8) is 0 Å². The van der Waals surface area contributed by atoms with Gasteiger partial charge in [0.15, 0.2) is 0 Å². The summed E-state index contributed by atoms with van der Waals surface area (Å²) in [5, 5.41) is 0. The van der Waals surface area contributed by atoms with Crippen molar-refractivity contribution in [1.29, 1.82) is 0 Å². The van der Waals surface area contributed by atoms with Crippen molar-refractivity contribution in [2.24, 2.45) is 0 Å². The minimum absolute atomic E-state index is 0.666. The highest BCUT2D eigenvalue weighted by Crippen LogP contribution is 2.39. The molecule has 1 atom stereocenters. The van der Waals surface area contributed by atoms with Crippen LogP contribution in [0.1, 0.15) is 22.1 Å². The average Bonchev–Trinajstić information content (AvgIpc) is 2.98. The summed E-state index contributed by atoms with van der Waals surface area (Å²) in [5.74, 6) is 1.88. The molecule has 0 saturated heterocycles. The lowest BCUT2D eigenvalue weighted by Crippen LogP contribution is -2.24. The fourth-order valence-electron chi connectivity index (χ4n) is 2.54. The topological polar surface area (TPSA) is 16.1 Å². The molecule has 0 saturated carbocycles. The number of likely N-dealkylation sites (N-methyl/N-ethyl adjacent to an activating group) is 1. The first-order valence-electron chi connectivity index (χ1n) is 6.53. The Bertz CT molecular complexity index is 565. The van der Waals surface area contributed by atoms with E-state index in [-0.39, 0.29) is 0 Å². The Morgan fingerprint density at radius 2 is 2.21 bits per heavy atom. The van der Waals surface area contributed by atoms with E-state index in [1.165, 1.54) is 26.8 Å². The maximum Gasteiger partial charge on any atom is 0.0798 e. The monoisotopic (exact) mass is 290 g/mol. The highest BCUT2D eigenvalue weighted by Gasteiger charge is 2.23. The quantitative estimate of drug-likeness (QED) is 0.852. The predicted octanol–water partition coefficient (Wildman–Crippen LogP) is 3.77. The number of benzene rings is 1. The van der Waals surface area contributed by atoms with Gasteiger partial charge in [0.25, 0.3) is 0 Å². The van der Waals surface area contributed by atoms with Gasteiger partial charge < -0.3 is 4.90 Å². The molecule has 0 fully saturated rings. The molecule has 0 amide bonds. The third kappa shape index (κ3) is 2.86. The summed E-state index contributed by atoms with van der Waals surface area (Å²) in [7, 11) is 2.21. The van der Waals surface area contributed by atoms with Gasteiger partial charge in [-0.25, -0.2) is 4.98 Å². The van der Waals surface area contributed by atoms with Gasteiger partial charge in [-0.3, -0.25) is 0 Å². The maximum absolute atomic E-state index is 4.33. The summed E-state index contributed by atoms with van der Waals surface area (Å²) < 4.78 is 0. The van der Waals surface area contributed by atoms with Crippen LogP contribution in [0.2, 0.25) is 0 Å². The minimum Gasteiger partial charge on any atom is -0.301 e. The molecule has 3 rings (SSSR count). The highest BCUT2D eigenvalue weighted by atomic mass is 32.2.